The molecular formula is C22H32N2S. The zero-order valence-electron chi connectivity index (χ0n) is 15.4. The van der Waals surface area contributed by atoms with Gasteiger partial charge in [-0.1, -0.05) is 32.1 Å². The van der Waals surface area contributed by atoms with Gasteiger partial charge in [0.15, 0.2) is 0 Å². The molecule has 0 bridgehead atoms. The van der Waals surface area contributed by atoms with E-state index in [2.05, 4.69) is 28.1 Å². The van der Waals surface area contributed by atoms with Crippen molar-refractivity contribution in [1.82, 2.24) is 10.2 Å². The fourth-order valence-corrected chi connectivity index (χ4v) is 8.57. The van der Waals surface area contributed by atoms with Gasteiger partial charge >= 0.3 is 0 Å². The first-order valence-electron chi connectivity index (χ1n) is 11.0. The summed E-state index contributed by atoms with van der Waals surface area (Å²) in [4.78, 5) is 3.07. The van der Waals surface area contributed by atoms with Gasteiger partial charge in [-0.2, -0.15) is 11.8 Å². The van der Waals surface area contributed by atoms with Gasteiger partial charge in [0.2, 0.25) is 0 Å². The van der Waals surface area contributed by atoms with E-state index in [-0.39, 0.29) is 0 Å². The van der Waals surface area contributed by atoms with E-state index in [9.17, 15) is 0 Å². The maximum Gasteiger partial charge on any atom is 0.0359 e. The molecule has 25 heavy (non-hydrogen) atoms. The SMILES string of the molecule is C1=C2C3CSCC3N(C3CCCCC3)C2CC2=C1NC1CCCCC21. The van der Waals surface area contributed by atoms with Gasteiger partial charge in [0.25, 0.3) is 0 Å². The van der Waals surface area contributed by atoms with Crippen molar-refractivity contribution in [1.29, 1.82) is 0 Å². The maximum absolute atomic E-state index is 3.96. The number of likely N-dealkylation sites (tertiary alicyclic amines) is 1. The number of nitrogens with zero attached hydrogens (tertiary/aromatic N) is 1. The highest BCUT2D eigenvalue weighted by molar-refractivity contribution is 7.99. The van der Waals surface area contributed by atoms with Gasteiger partial charge in [0.05, 0.1) is 0 Å². The molecule has 6 rings (SSSR count). The van der Waals surface area contributed by atoms with E-state index in [1.807, 2.05) is 11.1 Å². The van der Waals surface area contributed by atoms with Crippen LogP contribution in [0.5, 0.6) is 0 Å². The van der Waals surface area contributed by atoms with E-state index in [0.717, 1.165) is 36.0 Å². The van der Waals surface area contributed by atoms with Crippen molar-refractivity contribution in [2.75, 3.05) is 11.5 Å². The second-order valence-electron chi connectivity index (χ2n) is 9.40. The number of fused-ring (bicyclic) bond motifs is 5. The summed E-state index contributed by atoms with van der Waals surface area (Å²) in [6.45, 7) is 0. The summed E-state index contributed by atoms with van der Waals surface area (Å²) in [5, 5.41) is 3.96. The third-order valence-electron chi connectivity index (χ3n) is 8.23. The average molecular weight is 357 g/mol. The van der Waals surface area contributed by atoms with Crippen molar-refractivity contribution in [3.63, 3.8) is 0 Å². The number of rotatable bonds is 1. The molecule has 6 aliphatic rings. The van der Waals surface area contributed by atoms with Gasteiger partial charge < -0.3 is 5.32 Å². The molecule has 0 aromatic carbocycles. The molecule has 3 aliphatic carbocycles. The number of hydrogen-bond acceptors (Lipinski definition) is 3. The van der Waals surface area contributed by atoms with Crippen LogP contribution in [-0.2, 0) is 0 Å². The first-order chi connectivity index (χ1) is 12.4. The molecule has 0 amide bonds. The smallest absolute Gasteiger partial charge is 0.0359 e. The highest BCUT2D eigenvalue weighted by Gasteiger charge is 2.52. The van der Waals surface area contributed by atoms with Gasteiger partial charge in [-0.05, 0) is 49.3 Å². The van der Waals surface area contributed by atoms with Crippen LogP contribution < -0.4 is 5.32 Å². The molecule has 1 N–H and O–H groups in total. The van der Waals surface area contributed by atoms with Gasteiger partial charge in [0.1, 0.15) is 0 Å². The Morgan fingerprint density at radius 1 is 0.920 bits per heavy atom. The lowest BCUT2D eigenvalue weighted by Gasteiger charge is -2.40. The lowest BCUT2D eigenvalue weighted by atomic mass is 9.77. The van der Waals surface area contributed by atoms with Crippen LogP contribution >= 0.6 is 11.8 Å². The molecule has 2 nitrogen and oxygen atoms in total. The topological polar surface area (TPSA) is 15.3 Å². The molecule has 5 unspecified atom stereocenters. The summed E-state index contributed by atoms with van der Waals surface area (Å²) in [5.41, 5.74) is 5.22. The Morgan fingerprint density at radius 2 is 1.76 bits per heavy atom. The molecule has 0 spiro atoms. The minimum Gasteiger partial charge on any atom is -0.382 e. The van der Waals surface area contributed by atoms with E-state index >= 15 is 0 Å². The molecule has 3 heteroatoms. The van der Waals surface area contributed by atoms with Crippen LogP contribution in [0.4, 0.5) is 0 Å². The quantitative estimate of drug-likeness (QED) is 0.746. The van der Waals surface area contributed by atoms with Crippen molar-refractivity contribution < 1.29 is 0 Å². The third-order valence-corrected chi connectivity index (χ3v) is 9.40. The summed E-state index contributed by atoms with van der Waals surface area (Å²) < 4.78 is 0. The van der Waals surface area contributed by atoms with Crippen molar-refractivity contribution in [2.45, 2.75) is 88.4 Å². The molecule has 2 saturated carbocycles. The molecule has 0 aromatic rings. The van der Waals surface area contributed by atoms with E-state index in [4.69, 9.17) is 0 Å². The Bertz CT molecular complexity index is 618. The summed E-state index contributed by atoms with van der Waals surface area (Å²) in [6.07, 6.45) is 17.1. The van der Waals surface area contributed by atoms with E-state index in [0.29, 0.717) is 0 Å². The Balaban J connectivity index is 1.34. The van der Waals surface area contributed by atoms with Crippen LogP contribution in [0.25, 0.3) is 0 Å². The Hall–Kier alpha value is -0.410. The number of hydrogen-bond donors (Lipinski definition) is 1. The number of nitrogens with one attached hydrogen (secondary N) is 1. The van der Waals surface area contributed by atoms with E-state index in [1.54, 1.807) is 5.70 Å². The highest BCUT2D eigenvalue weighted by Crippen LogP contribution is 2.52. The zero-order valence-corrected chi connectivity index (χ0v) is 16.2. The first kappa shape index (κ1) is 15.6. The molecular weight excluding hydrogens is 324 g/mol. The van der Waals surface area contributed by atoms with Gasteiger partial charge in [-0.15, -0.1) is 0 Å². The lowest BCUT2D eigenvalue weighted by Crippen LogP contribution is -2.47. The monoisotopic (exact) mass is 356 g/mol. The molecule has 2 saturated heterocycles. The normalized spacial score (nSPS) is 44.0. The minimum atomic E-state index is 0.764. The Kier molecular flexibility index (Phi) is 3.79. The molecule has 0 radical (unpaired) electrons. The molecule has 4 fully saturated rings. The fourth-order valence-electron chi connectivity index (χ4n) is 7.12. The molecule has 136 valence electrons. The first-order valence-corrected chi connectivity index (χ1v) is 12.1. The molecule has 0 aromatic heterocycles. The second kappa shape index (κ2) is 6.05. The Morgan fingerprint density at radius 3 is 2.68 bits per heavy atom. The molecule has 3 aliphatic heterocycles. The lowest BCUT2D eigenvalue weighted by molar-refractivity contribution is 0.105. The van der Waals surface area contributed by atoms with Crippen LogP contribution in [0, 0.1) is 11.8 Å². The van der Waals surface area contributed by atoms with Crippen LogP contribution in [0.3, 0.4) is 0 Å². The second-order valence-corrected chi connectivity index (χ2v) is 10.5. The van der Waals surface area contributed by atoms with Gasteiger partial charge in [-0.3, -0.25) is 4.90 Å². The third kappa shape index (κ3) is 2.34. The van der Waals surface area contributed by atoms with Gasteiger partial charge in [-0.25, -0.2) is 0 Å². The largest absolute Gasteiger partial charge is 0.382 e. The van der Waals surface area contributed by atoms with Crippen molar-refractivity contribution >= 4 is 11.8 Å². The zero-order chi connectivity index (χ0) is 16.4. The summed E-state index contributed by atoms with van der Waals surface area (Å²) in [7, 11) is 0. The van der Waals surface area contributed by atoms with Crippen molar-refractivity contribution in [2.24, 2.45) is 11.8 Å². The van der Waals surface area contributed by atoms with Gasteiger partial charge in [0, 0.05) is 53.2 Å². The summed E-state index contributed by atoms with van der Waals surface area (Å²) in [6, 6.07) is 3.27. The fraction of sp³-hybridized carbons (Fsp3) is 0.818. The van der Waals surface area contributed by atoms with Crippen LogP contribution in [-0.4, -0.2) is 40.6 Å². The van der Waals surface area contributed by atoms with Crippen molar-refractivity contribution in [3.8, 4) is 0 Å². The molecule has 3 heterocycles. The summed E-state index contributed by atoms with van der Waals surface area (Å²) in [5.74, 6) is 4.49. The van der Waals surface area contributed by atoms with Crippen LogP contribution in [0.2, 0.25) is 0 Å². The van der Waals surface area contributed by atoms with Crippen LogP contribution in [0.15, 0.2) is 22.9 Å². The van der Waals surface area contributed by atoms with E-state index < -0.39 is 0 Å². The summed E-state index contributed by atoms with van der Waals surface area (Å²) >= 11 is 2.22. The number of thioether (sulfide) groups is 1. The predicted molar refractivity (Wildman–Crippen MR) is 106 cm³/mol. The minimum absolute atomic E-state index is 0.764. The molecule has 5 atom stereocenters. The predicted octanol–water partition coefficient (Wildman–Crippen LogP) is 4.48. The highest BCUT2D eigenvalue weighted by atomic mass is 32.2. The standard InChI is InChI=1S/C22H32N2S/c1-2-6-14(7-3-1)24-21-11-16-15-8-4-5-9-19(15)23-20(16)10-17(21)18-12-25-13-22(18)24/h10,14-15,18-19,21-23H,1-9,11-13H2. The van der Waals surface area contributed by atoms with Crippen LogP contribution in [0.1, 0.15) is 64.2 Å². The maximum atomic E-state index is 3.96. The number of allylic oxidation sites excluding steroid dienone is 1. The van der Waals surface area contributed by atoms with Crippen molar-refractivity contribution in [3.05, 3.63) is 22.9 Å². The Labute approximate surface area is 156 Å². The average Bonchev–Trinajstić information content (AvgIpc) is 3.33. The van der Waals surface area contributed by atoms with E-state index in [1.165, 1.54) is 75.7 Å².